The summed E-state index contributed by atoms with van der Waals surface area (Å²) in [5, 5.41) is 18.2. The highest BCUT2D eigenvalue weighted by atomic mass is 127. The summed E-state index contributed by atoms with van der Waals surface area (Å²) >= 11 is 6.07. The Morgan fingerprint density at radius 1 is 1.12 bits per heavy atom. The first-order valence-electron chi connectivity index (χ1n) is 10.4. The second kappa shape index (κ2) is 14.2. The number of nitro benzene ring substituents is 1. The Bertz CT molecular complexity index is 876. The van der Waals surface area contributed by atoms with Crippen LogP contribution in [-0.4, -0.2) is 55.2 Å². The van der Waals surface area contributed by atoms with E-state index in [1.54, 1.807) is 12.1 Å². The maximum atomic E-state index is 10.8. The molecule has 2 aromatic rings. The van der Waals surface area contributed by atoms with E-state index in [0.717, 1.165) is 56.9 Å². The van der Waals surface area contributed by atoms with E-state index >= 15 is 0 Å². The minimum absolute atomic E-state index is 0. The molecule has 0 bridgehead atoms. The molecule has 0 radical (unpaired) electrons. The third-order valence-electron chi connectivity index (χ3n) is 4.96. The van der Waals surface area contributed by atoms with Crippen molar-refractivity contribution in [3.8, 4) is 0 Å². The molecular formula is C22H29ClIN5O3. The number of guanidine groups is 1. The van der Waals surface area contributed by atoms with E-state index in [0.29, 0.717) is 24.1 Å². The summed E-state index contributed by atoms with van der Waals surface area (Å²) in [6, 6.07) is 14.2. The molecule has 1 fully saturated rings. The van der Waals surface area contributed by atoms with Crippen molar-refractivity contribution < 1.29 is 9.66 Å². The highest BCUT2D eigenvalue weighted by Gasteiger charge is 2.09. The number of rotatable bonds is 9. The Morgan fingerprint density at radius 2 is 1.88 bits per heavy atom. The van der Waals surface area contributed by atoms with Crippen LogP contribution >= 0.6 is 35.6 Å². The first-order chi connectivity index (χ1) is 15.1. The van der Waals surface area contributed by atoms with Gasteiger partial charge in [-0.2, -0.15) is 0 Å². The maximum Gasteiger partial charge on any atom is 0.269 e. The number of nitrogens with zero attached hydrogens (tertiary/aromatic N) is 3. The Morgan fingerprint density at radius 3 is 2.56 bits per heavy atom. The molecule has 10 heteroatoms. The third kappa shape index (κ3) is 9.27. The molecule has 8 nitrogen and oxygen atoms in total. The summed E-state index contributed by atoms with van der Waals surface area (Å²) in [6.45, 7) is 6.39. The Hall–Kier alpha value is -1.95. The number of ether oxygens (including phenoxy) is 1. The van der Waals surface area contributed by atoms with Crippen LogP contribution in [0.15, 0.2) is 53.5 Å². The molecule has 1 heterocycles. The summed E-state index contributed by atoms with van der Waals surface area (Å²) in [7, 11) is 0. The van der Waals surface area contributed by atoms with Gasteiger partial charge in [0.1, 0.15) is 0 Å². The molecule has 2 N–H and O–H groups in total. The maximum absolute atomic E-state index is 10.8. The monoisotopic (exact) mass is 573 g/mol. The fourth-order valence-electron chi connectivity index (χ4n) is 3.24. The molecule has 1 aliphatic rings. The van der Waals surface area contributed by atoms with Crippen molar-refractivity contribution >= 4 is 47.2 Å². The summed E-state index contributed by atoms with van der Waals surface area (Å²) < 4.78 is 5.39. The van der Waals surface area contributed by atoms with Gasteiger partial charge in [-0.05, 0) is 36.2 Å². The van der Waals surface area contributed by atoms with Gasteiger partial charge in [-0.1, -0.05) is 35.9 Å². The molecular weight excluding hydrogens is 545 g/mol. The highest BCUT2D eigenvalue weighted by molar-refractivity contribution is 14.0. The highest BCUT2D eigenvalue weighted by Crippen LogP contribution is 2.12. The number of halogens is 2. The summed E-state index contributed by atoms with van der Waals surface area (Å²) in [5.41, 5.74) is 2.05. The smallest absolute Gasteiger partial charge is 0.269 e. The Balaban J connectivity index is 0.00000363. The zero-order valence-electron chi connectivity index (χ0n) is 17.8. The SMILES string of the molecule is I.O=[N+]([O-])c1ccc(CNC(=NCc2cccc(Cl)c2)NCCCN2CCOCC2)cc1. The van der Waals surface area contributed by atoms with Gasteiger partial charge in [-0.25, -0.2) is 4.99 Å². The average Bonchev–Trinajstić information content (AvgIpc) is 2.79. The molecule has 2 aromatic carbocycles. The minimum atomic E-state index is -0.398. The van der Waals surface area contributed by atoms with Crippen LogP contribution < -0.4 is 10.6 Å². The van der Waals surface area contributed by atoms with Gasteiger partial charge >= 0.3 is 0 Å². The molecule has 0 spiro atoms. The lowest BCUT2D eigenvalue weighted by molar-refractivity contribution is -0.384. The molecule has 174 valence electrons. The average molecular weight is 574 g/mol. The topological polar surface area (TPSA) is 92.0 Å². The van der Waals surface area contributed by atoms with Crippen molar-refractivity contribution in [3.63, 3.8) is 0 Å². The van der Waals surface area contributed by atoms with Gasteiger partial charge in [-0.15, -0.1) is 24.0 Å². The summed E-state index contributed by atoms with van der Waals surface area (Å²) in [5.74, 6) is 0.695. The molecule has 0 amide bonds. The van der Waals surface area contributed by atoms with Crippen molar-refractivity contribution in [1.29, 1.82) is 0 Å². The molecule has 0 atom stereocenters. The molecule has 1 aliphatic heterocycles. The third-order valence-corrected chi connectivity index (χ3v) is 5.20. The zero-order chi connectivity index (χ0) is 21.9. The van der Waals surface area contributed by atoms with Gasteiger partial charge in [0, 0.05) is 43.3 Å². The predicted molar refractivity (Wildman–Crippen MR) is 138 cm³/mol. The number of benzene rings is 2. The van der Waals surface area contributed by atoms with Crippen molar-refractivity contribution in [2.75, 3.05) is 39.4 Å². The first kappa shape index (κ1) is 26.3. The normalized spacial score (nSPS) is 14.5. The fourth-order valence-corrected chi connectivity index (χ4v) is 3.45. The van der Waals surface area contributed by atoms with Crippen LogP contribution in [0.5, 0.6) is 0 Å². The second-order valence-corrected chi connectivity index (χ2v) is 7.74. The predicted octanol–water partition coefficient (Wildman–Crippen LogP) is 3.82. The lowest BCUT2D eigenvalue weighted by atomic mass is 10.2. The van der Waals surface area contributed by atoms with Crippen molar-refractivity contribution in [2.45, 2.75) is 19.5 Å². The number of aliphatic imine (C=N–C) groups is 1. The van der Waals surface area contributed by atoms with E-state index in [9.17, 15) is 10.1 Å². The van der Waals surface area contributed by atoms with E-state index in [1.807, 2.05) is 24.3 Å². The van der Waals surface area contributed by atoms with E-state index in [4.69, 9.17) is 16.3 Å². The molecule has 0 unspecified atom stereocenters. The van der Waals surface area contributed by atoms with Crippen molar-refractivity contribution in [2.24, 2.45) is 4.99 Å². The lowest BCUT2D eigenvalue weighted by Crippen LogP contribution is -2.40. The van der Waals surface area contributed by atoms with Gasteiger partial charge in [0.05, 0.1) is 24.7 Å². The van der Waals surface area contributed by atoms with Gasteiger partial charge in [-0.3, -0.25) is 15.0 Å². The van der Waals surface area contributed by atoms with E-state index in [2.05, 4.69) is 20.5 Å². The van der Waals surface area contributed by atoms with Crippen LogP contribution in [0, 0.1) is 10.1 Å². The van der Waals surface area contributed by atoms with Gasteiger partial charge in [0.15, 0.2) is 5.96 Å². The van der Waals surface area contributed by atoms with Crippen molar-refractivity contribution in [3.05, 3.63) is 74.8 Å². The standard InChI is InChI=1S/C22H28ClN5O3.HI/c23-20-4-1-3-19(15-20)17-26-22(24-9-2-10-27-11-13-31-14-12-27)25-16-18-5-7-21(8-6-18)28(29)30;/h1,3-8,15H,2,9-14,16-17H2,(H2,24,25,26);1H. The number of morpholine rings is 1. The van der Waals surface area contributed by atoms with Crippen LogP contribution in [0.2, 0.25) is 5.02 Å². The number of nitrogens with one attached hydrogen (secondary N) is 2. The minimum Gasteiger partial charge on any atom is -0.379 e. The van der Waals surface area contributed by atoms with E-state index in [1.165, 1.54) is 12.1 Å². The zero-order valence-corrected chi connectivity index (χ0v) is 20.9. The fraction of sp³-hybridized carbons (Fsp3) is 0.409. The van der Waals surface area contributed by atoms with Gasteiger partial charge < -0.3 is 15.4 Å². The molecule has 32 heavy (non-hydrogen) atoms. The van der Waals surface area contributed by atoms with Crippen LogP contribution in [0.1, 0.15) is 17.5 Å². The lowest BCUT2D eigenvalue weighted by Gasteiger charge is -2.26. The molecule has 0 aliphatic carbocycles. The number of hydrogen-bond donors (Lipinski definition) is 2. The number of hydrogen-bond acceptors (Lipinski definition) is 5. The Labute approximate surface area is 210 Å². The largest absolute Gasteiger partial charge is 0.379 e. The first-order valence-corrected chi connectivity index (χ1v) is 10.8. The number of non-ortho nitro benzene ring substituents is 1. The summed E-state index contributed by atoms with van der Waals surface area (Å²) in [4.78, 5) is 17.5. The molecule has 3 rings (SSSR count). The van der Waals surface area contributed by atoms with Crippen LogP contribution in [0.4, 0.5) is 5.69 Å². The van der Waals surface area contributed by atoms with Crippen LogP contribution in [0.3, 0.4) is 0 Å². The van der Waals surface area contributed by atoms with Gasteiger partial charge in [0.2, 0.25) is 0 Å². The van der Waals surface area contributed by atoms with E-state index < -0.39 is 4.92 Å². The number of nitro groups is 1. The van der Waals surface area contributed by atoms with E-state index in [-0.39, 0.29) is 29.7 Å². The van der Waals surface area contributed by atoms with Crippen molar-refractivity contribution in [1.82, 2.24) is 15.5 Å². The molecule has 0 aromatic heterocycles. The second-order valence-electron chi connectivity index (χ2n) is 7.31. The molecule has 0 saturated carbocycles. The Kier molecular flexibility index (Phi) is 11.7. The quantitative estimate of drug-likeness (QED) is 0.118. The van der Waals surface area contributed by atoms with Gasteiger partial charge in [0.25, 0.3) is 5.69 Å². The van der Waals surface area contributed by atoms with Crippen LogP contribution in [0.25, 0.3) is 0 Å². The van der Waals surface area contributed by atoms with Crippen LogP contribution in [-0.2, 0) is 17.8 Å². The summed E-state index contributed by atoms with van der Waals surface area (Å²) in [6.07, 6.45) is 0.995. The molecule has 1 saturated heterocycles.